The fourth-order valence-corrected chi connectivity index (χ4v) is 8.89. The van der Waals surface area contributed by atoms with Crippen LogP contribution < -0.4 is 0 Å². The Morgan fingerprint density at radius 1 is 0.640 bits per heavy atom. The lowest BCUT2D eigenvalue weighted by Gasteiger charge is -2.48. The monoisotopic (exact) mass is 452 g/mol. The van der Waals surface area contributed by atoms with Crippen molar-refractivity contribution in [2.24, 2.45) is 41.4 Å². The van der Waals surface area contributed by atoms with Gasteiger partial charge in [0.05, 0.1) is 0 Å². The van der Waals surface area contributed by atoms with Crippen molar-refractivity contribution in [2.75, 3.05) is 0 Å². The van der Waals surface area contributed by atoms with Crippen LogP contribution in [0.2, 0.25) is 0 Å². The molecule has 1 heteroatoms. The van der Waals surface area contributed by atoms with Crippen LogP contribution in [0.4, 0.5) is 0 Å². The highest BCUT2D eigenvalue weighted by molar-refractivity contribution is 14.1. The summed E-state index contributed by atoms with van der Waals surface area (Å²) in [7, 11) is 0. The molecule has 25 heavy (non-hydrogen) atoms. The molecule has 0 amide bonds. The van der Waals surface area contributed by atoms with E-state index in [-0.39, 0.29) is 0 Å². The van der Waals surface area contributed by atoms with Gasteiger partial charge < -0.3 is 0 Å². The molecule has 0 aromatic carbocycles. The Morgan fingerprint density at radius 3 is 2.28 bits per heavy atom. The predicted molar refractivity (Wildman–Crippen MR) is 115 cm³/mol. The Morgan fingerprint density at radius 2 is 1.36 bits per heavy atom. The van der Waals surface area contributed by atoms with Crippen LogP contribution in [-0.2, 0) is 0 Å². The van der Waals surface area contributed by atoms with Crippen molar-refractivity contribution < 1.29 is 0 Å². The van der Waals surface area contributed by atoms with Crippen LogP contribution in [0, 0.1) is 41.4 Å². The Hall–Kier alpha value is 0.470. The molecule has 8 unspecified atom stereocenters. The van der Waals surface area contributed by atoms with Crippen LogP contribution in [0.5, 0.6) is 0 Å². The SMILES string of the molecule is IC1CCC2CC(C3CC=C4C(CCC5CCCCC45)C3)CCC2C1. The average Bonchev–Trinajstić information content (AvgIpc) is 2.67. The molecule has 140 valence electrons. The lowest BCUT2D eigenvalue weighted by molar-refractivity contribution is 0.0841. The highest BCUT2D eigenvalue weighted by Crippen LogP contribution is 2.53. The fourth-order valence-electron chi connectivity index (χ4n) is 7.88. The van der Waals surface area contributed by atoms with Crippen molar-refractivity contribution in [3.05, 3.63) is 11.6 Å². The third-order valence-corrected chi connectivity index (χ3v) is 10.3. The molecule has 0 radical (unpaired) electrons. The molecule has 0 aliphatic heterocycles. The molecule has 0 N–H and O–H groups in total. The van der Waals surface area contributed by atoms with Crippen molar-refractivity contribution in [3.8, 4) is 0 Å². The van der Waals surface area contributed by atoms with Gasteiger partial charge >= 0.3 is 0 Å². The van der Waals surface area contributed by atoms with Gasteiger partial charge in [0.2, 0.25) is 0 Å². The summed E-state index contributed by atoms with van der Waals surface area (Å²) >= 11 is 2.72. The van der Waals surface area contributed by atoms with Crippen molar-refractivity contribution in [1.82, 2.24) is 0 Å². The van der Waals surface area contributed by atoms with Gasteiger partial charge in [-0.15, -0.1) is 0 Å². The standard InChI is InChI=1S/C24H37I/c25-22-11-9-18-13-17(6-7-20(18)15-22)19-10-12-24-21(14-19)8-5-16-3-1-2-4-23(16)24/h12,16-23H,1-11,13-15H2. The highest BCUT2D eigenvalue weighted by atomic mass is 127. The molecule has 4 saturated carbocycles. The van der Waals surface area contributed by atoms with Crippen LogP contribution in [-0.4, -0.2) is 3.92 Å². The summed E-state index contributed by atoms with van der Waals surface area (Å²) in [6, 6.07) is 0. The highest BCUT2D eigenvalue weighted by Gasteiger charge is 2.42. The lowest BCUT2D eigenvalue weighted by Crippen LogP contribution is -2.37. The van der Waals surface area contributed by atoms with E-state index in [4.69, 9.17) is 0 Å². The molecule has 0 heterocycles. The summed E-state index contributed by atoms with van der Waals surface area (Å²) in [4.78, 5) is 0. The van der Waals surface area contributed by atoms with E-state index in [1.165, 1.54) is 32.1 Å². The molecule has 4 fully saturated rings. The van der Waals surface area contributed by atoms with Gasteiger partial charge in [-0.05, 0) is 118 Å². The molecule has 0 spiro atoms. The topological polar surface area (TPSA) is 0 Å². The second-order valence-corrected chi connectivity index (χ2v) is 12.1. The third kappa shape index (κ3) is 3.49. The van der Waals surface area contributed by atoms with E-state index >= 15 is 0 Å². The van der Waals surface area contributed by atoms with Gasteiger partial charge in [-0.2, -0.15) is 0 Å². The Balaban J connectivity index is 1.24. The Kier molecular flexibility index (Phi) is 5.25. The first-order valence-corrected chi connectivity index (χ1v) is 12.9. The fraction of sp³-hybridized carbons (Fsp3) is 0.917. The number of halogens is 1. The summed E-state index contributed by atoms with van der Waals surface area (Å²) in [6.45, 7) is 0. The third-order valence-electron chi connectivity index (χ3n) is 9.19. The van der Waals surface area contributed by atoms with E-state index in [1.54, 1.807) is 57.8 Å². The van der Waals surface area contributed by atoms with Gasteiger partial charge in [-0.1, -0.05) is 47.1 Å². The minimum atomic E-state index is 0.987. The van der Waals surface area contributed by atoms with Crippen LogP contribution in [0.3, 0.4) is 0 Å². The van der Waals surface area contributed by atoms with E-state index in [9.17, 15) is 0 Å². The Bertz CT molecular complexity index is 508. The molecular weight excluding hydrogens is 415 g/mol. The maximum atomic E-state index is 2.80. The number of hydrogen-bond donors (Lipinski definition) is 0. The molecule has 0 saturated heterocycles. The number of alkyl halides is 1. The molecule has 8 atom stereocenters. The van der Waals surface area contributed by atoms with E-state index in [2.05, 4.69) is 28.7 Å². The van der Waals surface area contributed by atoms with Crippen LogP contribution in [0.25, 0.3) is 0 Å². The quantitative estimate of drug-likeness (QED) is 0.219. The predicted octanol–water partition coefficient (Wildman–Crippen LogP) is 7.56. The summed E-state index contributed by atoms with van der Waals surface area (Å²) in [5, 5.41) is 0. The second kappa shape index (κ2) is 7.47. The van der Waals surface area contributed by atoms with Gasteiger partial charge in [-0.3, -0.25) is 0 Å². The van der Waals surface area contributed by atoms with E-state index in [1.807, 2.05) is 5.57 Å². The number of allylic oxidation sites excluding steroid dienone is 2. The van der Waals surface area contributed by atoms with Gasteiger partial charge in [0.1, 0.15) is 0 Å². The molecule has 5 aliphatic carbocycles. The van der Waals surface area contributed by atoms with Crippen LogP contribution in [0.1, 0.15) is 89.9 Å². The maximum Gasteiger partial charge on any atom is 0.0112 e. The summed E-state index contributed by atoms with van der Waals surface area (Å²) in [5.74, 6) is 7.42. The van der Waals surface area contributed by atoms with Crippen LogP contribution in [0.15, 0.2) is 11.6 Å². The minimum absolute atomic E-state index is 0.987. The molecule has 0 aromatic rings. The normalized spacial score (nSPS) is 50.2. The zero-order chi connectivity index (χ0) is 16.8. The summed E-state index contributed by atoms with van der Waals surface area (Å²) in [6.07, 6.45) is 24.4. The zero-order valence-corrected chi connectivity index (χ0v) is 18.1. The lowest BCUT2D eigenvalue weighted by atomic mass is 9.58. The van der Waals surface area contributed by atoms with E-state index in [0.29, 0.717) is 0 Å². The first-order valence-electron chi connectivity index (χ1n) is 11.6. The smallest absolute Gasteiger partial charge is 0.0112 e. The maximum absolute atomic E-state index is 2.80. The van der Waals surface area contributed by atoms with Gasteiger partial charge in [-0.25, -0.2) is 0 Å². The van der Waals surface area contributed by atoms with Gasteiger partial charge in [0.25, 0.3) is 0 Å². The summed E-state index contributed by atoms with van der Waals surface area (Å²) < 4.78 is 0.987. The van der Waals surface area contributed by atoms with Gasteiger partial charge in [0.15, 0.2) is 0 Å². The van der Waals surface area contributed by atoms with Crippen molar-refractivity contribution in [1.29, 1.82) is 0 Å². The largest absolute Gasteiger partial charge is 0.0845 e. The second-order valence-electron chi connectivity index (χ2n) is 10.4. The van der Waals surface area contributed by atoms with E-state index in [0.717, 1.165) is 45.3 Å². The molecule has 0 bridgehead atoms. The number of rotatable bonds is 1. The molecule has 0 aromatic heterocycles. The van der Waals surface area contributed by atoms with Gasteiger partial charge in [0, 0.05) is 3.92 Å². The first kappa shape index (κ1) is 17.6. The molecular formula is C24H37I. The van der Waals surface area contributed by atoms with Crippen molar-refractivity contribution >= 4 is 22.6 Å². The van der Waals surface area contributed by atoms with E-state index < -0.39 is 0 Å². The average molecular weight is 452 g/mol. The van der Waals surface area contributed by atoms with Crippen molar-refractivity contribution in [2.45, 2.75) is 93.8 Å². The molecule has 5 rings (SSSR count). The number of hydrogen-bond acceptors (Lipinski definition) is 0. The van der Waals surface area contributed by atoms with Crippen molar-refractivity contribution in [3.63, 3.8) is 0 Å². The number of fused-ring (bicyclic) bond motifs is 4. The molecule has 5 aliphatic rings. The Labute approximate surface area is 169 Å². The minimum Gasteiger partial charge on any atom is -0.0845 e. The summed E-state index contributed by atoms with van der Waals surface area (Å²) in [5.41, 5.74) is 1.96. The zero-order valence-electron chi connectivity index (χ0n) is 16.0. The van der Waals surface area contributed by atoms with Crippen LogP contribution >= 0.6 is 22.6 Å². The molecule has 0 nitrogen and oxygen atoms in total. The first-order chi connectivity index (χ1) is 12.3.